The minimum Gasteiger partial charge on any atom is -0.497 e. The lowest BCUT2D eigenvalue weighted by molar-refractivity contribution is -0.137. The fraction of sp³-hybridized carbons (Fsp3) is 0.417. The zero-order chi connectivity index (χ0) is 21.5. The number of ether oxygens (including phenoxy) is 1. The van der Waals surface area contributed by atoms with Crippen LogP contribution in [0.15, 0.2) is 54.6 Å². The summed E-state index contributed by atoms with van der Waals surface area (Å²) in [6, 6.07) is 17.0. The van der Waals surface area contributed by atoms with Crippen molar-refractivity contribution in [1.29, 1.82) is 0 Å². The number of methoxy groups -OCH3 is 1. The molecule has 1 fully saturated rings. The van der Waals surface area contributed by atoms with Gasteiger partial charge in [-0.25, -0.2) is 0 Å². The molecule has 0 saturated carbocycles. The molecule has 2 amide bonds. The third-order valence-electron chi connectivity index (χ3n) is 5.47. The first-order valence-electron chi connectivity index (χ1n) is 10.5. The van der Waals surface area contributed by atoms with Crippen molar-refractivity contribution in [3.8, 4) is 5.75 Å². The average molecular weight is 410 g/mol. The molecule has 1 N–H and O–H groups in total. The molecular formula is C24H31N3O3. The lowest BCUT2D eigenvalue weighted by Gasteiger charge is -2.38. The molecule has 1 aliphatic rings. The van der Waals surface area contributed by atoms with E-state index in [-0.39, 0.29) is 24.2 Å². The lowest BCUT2D eigenvalue weighted by atomic mass is 10.0. The first kappa shape index (κ1) is 21.7. The standard InChI is InChI=1S/C24H31N3O3/c1-18(2)23(25-22(28)16-19-8-5-4-6-9-19)24(29)27-14-12-26(13-15-27)20-10-7-11-21(17-20)30-3/h4-11,17-18,23H,12-16H2,1-3H3,(H,25,28)/t23-/m1/s1. The summed E-state index contributed by atoms with van der Waals surface area (Å²) >= 11 is 0. The molecule has 6 nitrogen and oxygen atoms in total. The number of carbonyl (C=O) groups excluding carboxylic acids is 2. The third kappa shape index (κ3) is 5.53. The summed E-state index contributed by atoms with van der Waals surface area (Å²) in [6.45, 7) is 6.71. The van der Waals surface area contributed by atoms with Crippen molar-refractivity contribution in [2.24, 2.45) is 5.92 Å². The number of carbonyl (C=O) groups is 2. The maximum Gasteiger partial charge on any atom is 0.245 e. The first-order chi connectivity index (χ1) is 14.5. The van der Waals surface area contributed by atoms with Gasteiger partial charge in [0.1, 0.15) is 11.8 Å². The van der Waals surface area contributed by atoms with Gasteiger partial charge in [-0.3, -0.25) is 9.59 Å². The van der Waals surface area contributed by atoms with E-state index in [2.05, 4.69) is 16.3 Å². The van der Waals surface area contributed by atoms with Crippen LogP contribution < -0.4 is 15.0 Å². The second kappa shape index (κ2) is 10.1. The van der Waals surface area contributed by atoms with Gasteiger partial charge in [0.15, 0.2) is 0 Å². The van der Waals surface area contributed by atoms with Gasteiger partial charge in [0.2, 0.25) is 11.8 Å². The van der Waals surface area contributed by atoms with Crippen molar-refractivity contribution in [3.05, 3.63) is 60.2 Å². The Morgan fingerprint density at radius 2 is 1.70 bits per heavy atom. The molecule has 1 heterocycles. The molecule has 0 bridgehead atoms. The predicted molar refractivity (Wildman–Crippen MR) is 119 cm³/mol. The van der Waals surface area contributed by atoms with Gasteiger partial charge in [-0.1, -0.05) is 50.2 Å². The molecule has 0 radical (unpaired) electrons. The first-order valence-corrected chi connectivity index (χ1v) is 10.5. The largest absolute Gasteiger partial charge is 0.497 e. The number of amides is 2. The zero-order valence-corrected chi connectivity index (χ0v) is 18.0. The van der Waals surface area contributed by atoms with Crippen LogP contribution >= 0.6 is 0 Å². The number of hydrogen-bond donors (Lipinski definition) is 1. The predicted octanol–water partition coefficient (Wildman–Crippen LogP) is 2.73. The highest BCUT2D eigenvalue weighted by molar-refractivity contribution is 5.88. The fourth-order valence-corrected chi connectivity index (χ4v) is 3.71. The van der Waals surface area contributed by atoms with E-state index in [1.54, 1.807) is 7.11 Å². The Morgan fingerprint density at radius 3 is 2.33 bits per heavy atom. The molecule has 1 aliphatic heterocycles. The quantitative estimate of drug-likeness (QED) is 0.764. The van der Waals surface area contributed by atoms with Crippen LogP contribution in [0, 0.1) is 5.92 Å². The highest BCUT2D eigenvalue weighted by atomic mass is 16.5. The van der Waals surface area contributed by atoms with Gasteiger partial charge in [-0.05, 0) is 23.6 Å². The molecule has 2 aromatic rings. The van der Waals surface area contributed by atoms with Gasteiger partial charge < -0.3 is 19.9 Å². The summed E-state index contributed by atoms with van der Waals surface area (Å²) in [5.74, 6) is 0.723. The maximum absolute atomic E-state index is 13.1. The Labute approximate surface area is 178 Å². The molecule has 30 heavy (non-hydrogen) atoms. The van der Waals surface area contributed by atoms with Crippen LogP contribution in [0.3, 0.4) is 0 Å². The Bertz CT molecular complexity index is 846. The lowest BCUT2D eigenvalue weighted by Crippen LogP contribution is -2.56. The SMILES string of the molecule is COc1cccc(N2CCN(C(=O)[C@H](NC(=O)Cc3ccccc3)C(C)C)CC2)c1. The van der Waals surface area contributed by atoms with E-state index in [9.17, 15) is 9.59 Å². The zero-order valence-electron chi connectivity index (χ0n) is 18.0. The van der Waals surface area contributed by atoms with E-state index < -0.39 is 6.04 Å². The van der Waals surface area contributed by atoms with Gasteiger partial charge in [0, 0.05) is 37.9 Å². The summed E-state index contributed by atoms with van der Waals surface area (Å²) in [4.78, 5) is 29.8. The highest BCUT2D eigenvalue weighted by Gasteiger charge is 2.30. The van der Waals surface area contributed by atoms with Crippen molar-refractivity contribution >= 4 is 17.5 Å². The number of piperazine rings is 1. The Morgan fingerprint density at radius 1 is 1.00 bits per heavy atom. The van der Waals surface area contributed by atoms with Gasteiger partial charge in [-0.2, -0.15) is 0 Å². The number of benzene rings is 2. The molecule has 0 aliphatic carbocycles. The molecule has 3 rings (SSSR count). The van der Waals surface area contributed by atoms with Gasteiger partial charge in [-0.15, -0.1) is 0 Å². The molecule has 1 saturated heterocycles. The van der Waals surface area contributed by atoms with E-state index in [1.807, 2.05) is 67.3 Å². The second-order valence-electron chi connectivity index (χ2n) is 7.97. The van der Waals surface area contributed by atoms with Crippen molar-refractivity contribution in [2.75, 3.05) is 38.2 Å². The van der Waals surface area contributed by atoms with Crippen molar-refractivity contribution in [3.63, 3.8) is 0 Å². The third-order valence-corrected chi connectivity index (χ3v) is 5.47. The number of nitrogens with one attached hydrogen (secondary N) is 1. The van der Waals surface area contributed by atoms with Crippen LogP contribution in [0.4, 0.5) is 5.69 Å². The molecule has 1 atom stereocenters. The summed E-state index contributed by atoms with van der Waals surface area (Å²) in [5, 5.41) is 2.96. The average Bonchev–Trinajstić information content (AvgIpc) is 2.77. The molecule has 2 aromatic carbocycles. The van der Waals surface area contributed by atoms with Gasteiger partial charge >= 0.3 is 0 Å². The van der Waals surface area contributed by atoms with E-state index in [1.165, 1.54) is 0 Å². The van der Waals surface area contributed by atoms with Crippen molar-refractivity contribution in [1.82, 2.24) is 10.2 Å². The summed E-state index contributed by atoms with van der Waals surface area (Å²) in [6.07, 6.45) is 0.279. The molecular weight excluding hydrogens is 378 g/mol. The number of hydrogen-bond acceptors (Lipinski definition) is 4. The summed E-state index contributed by atoms with van der Waals surface area (Å²) in [7, 11) is 1.66. The van der Waals surface area contributed by atoms with Crippen LogP contribution in [0.25, 0.3) is 0 Å². The van der Waals surface area contributed by atoms with Crippen molar-refractivity contribution in [2.45, 2.75) is 26.3 Å². The Kier molecular flexibility index (Phi) is 7.33. The Balaban J connectivity index is 1.57. The number of nitrogens with zero attached hydrogens (tertiary/aromatic N) is 2. The van der Waals surface area contributed by atoms with Crippen LogP contribution in [-0.2, 0) is 16.0 Å². The number of anilines is 1. The molecule has 0 unspecified atom stereocenters. The van der Waals surface area contributed by atoms with E-state index >= 15 is 0 Å². The molecule has 160 valence electrons. The van der Waals surface area contributed by atoms with Crippen LogP contribution in [-0.4, -0.2) is 56.0 Å². The highest BCUT2D eigenvalue weighted by Crippen LogP contribution is 2.22. The Hall–Kier alpha value is -3.02. The number of rotatable bonds is 7. The second-order valence-corrected chi connectivity index (χ2v) is 7.97. The maximum atomic E-state index is 13.1. The van der Waals surface area contributed by atoms with Crippen molar-refractivity contribution < 1.29 is 14.3 Å². The monoisotopic (exact) mass is 409 g/mol. The summed E-state index contributed by atoms with van der Waals surface area (Å²) in [5.41, 5.74) is 2.04. The van der Waals surface area contributed by atoms with E-state index in [4.69, 9.17) is 4.74 Å². The smallest absolute Gasteiger partial charge is 0.245 e. The molecule has 0 aromatic heterocycles. The minimum atomic E-state index is -0.510. The van der Waals surface area contributed by atoms with E-state index in [0.29, 0.717) is 13.1 Å². The van der Waals surface area contributed by atoms with E-state index in [0.717, 1.165) is 30.1 Å². The van der Waals surface area contributed by atoms with Crippen LogP contribution in [0.5, 0.6) is 5.75 Å². The molecule has 6 heteroatoms. The minimum absolute atomic E-state index is 0.00305. The normalized spacial score (nSPS) is 15.1. The fourth-order valence-electron chi connectivity index (χ4n) is 3.71. The van der Waals surface area contributed by atoms with Crippen LogP contribution in [0.2, 0.25) is 0 Å². The molecule has 0 spiro atoms. The van der Waals surface area contributed by atoms with Crippen LogP contribution in [0.1, 0.15) is 19.4 Å². The van der Waals surface area contributed by atoms with Gasteiger partial charge in [0.25, 0.3) is 0 Å². The summed E-state index contributed by atoms with van der Waals surface area (Å²) < 4.78 is 5.31. The van der Waals surface area contributed by atoms with Gasteiger partial charge in [0.05, 0.1) is 13.5 Å². The topological polar surface area (TPSA) is 61.9 Å².